The van der Waals surface area contributed by atoms with Crippen molar-refractivity contribution < 1.29 is 28.7 Å². The molecule has 1 aliphatic heterocycles. The number of aromatic amines is 2. The average molecular weight is 877 g/mol. The van der Waals surface area contributed by atoms with Crippen molar-refractivity contribution in [2.24, 2.45) is 17.8 Å². The minimum atomic E-state index is -0.770. The molecule has 0 unspecified atom stereocenters. The highest BCUT2D eigenvalue weighted by Gasteiger charge is 2.42. The Bertz CT molecular complexity index is 2900. The molecule has 14 nitrogen and oxygen atoms in total. The number of nitrogens with one attached hydrogen (secondary N) is 4. The molecule has 0 radical (unpaired) electrons. The van der Waals surface area contributed by atoms with Crippen LogP contribution in [0.4, 0.5) is 4.79 Å². The Kier molecular flexibility index (Phi) is 12.3. The Labute approximate surface area is 377 Å². The van der Waals surface area contributed by atoms with Gasteiger partial charge in [0.05, 0.1) is 48.4 Å². The van der Waals surface area contributed by atoms with Gasteiger partial charge in [-0.05, 0) is 83.3 Å². The molecule has 0 spiro atoms. The molecule has 1 aliphatic carbocycles. The van der Waals surface area contributed by atoms with Crippen molar-refractivity contribution in [3.05, 3.63) is 108 Å². The van der Waals surface area contributed by atoms with Gasteiger partial charge in [-0.1, -0.05) is 87.5 Å². The zero-order valence-electron chi connectivity index (χ0n) is 37.5. The second-order valence-corrected chi connectivity index (χ2v) is 17.9. The summed E-state index contributed by atoms with van der Waals surface area (Å²) in [7, 11) is 2.96. The van der Waals surface area contributed by atoms with Crippen LogP contribution in [-0.4, -0.2) is 93.5 Å². The van der Waals surface area contributed by atoms with E-state index in [9.17, 15) is 19.2 Å². The summed E-state index contributed by atoms with van der Waals surface area (Å²) in [5.74, 6) is 0.912. The van der Waals surface area contributed by atoms with Crippen LogP contribution in [0.1, 0.15) is 75.8 Å². The molecule has 9 rings (SSSR count). The normalized spacial score (nSPS) is 17.2. The highest BCUT2D eigenvalue weighted by Crippen LogP contribution is 2.38. The highest BCUT2D eigenvalue weighted by molar-refractivity contribution is 6.07. The number of aromatic nitrogens is 4. The molecular weight excluding hydrogens is 821 g/mol. The molecular formula is C51H56N8O6. The van der Waals surface area contributed by atoms with Crippen molar-refractivity contribution in [3.8, 4) is 11.1 Å². The summed E-state index contributed by atoms with van der Waals surface area (Å²) in [6.07, 6.45) is 2.50. The van der Waals surface area contributed by atoms with Gasteiger partial charge >= 0.3 is 6.09 Å². The van der Waals surface area contributed by atoms with E-state index >= 15 is 0 Å². The molecule has 14 heteroatoms. The van der Waals surface area contributed by atoms with E-state index < -0.39 is 18.2 Å². The van der Waals surface area contributed by atoms with E-state index in [2.05, 4.69) is 69.1 Å². The van der Waals surface area contributed by atoms with Crippen LogP contribution in [0, 0.1) is 17.8 Å². The van der Waals surface area contributed by atoms with E-state index in [1.807, 2.05) is 68.1 Å². The maximum absolute atomic E-state index is 14.2. The standard InChI is InChI=1S/C51H56N8O6/c1-6-22-58(49(61)44(31-10-8-7-9-11-31)56-48(60)32-12-13-32)27-42-52-39-20-16-35-24-33(14-18-37(35)45(39)54-42)34-15-19-38-36(25-34)17-21-40-46(38)55-47(53-40)41-23-30(28-64-4)26-59(41)50(62)43(29(2)3)57-51(63)65-5/h7-11,14-21,24-25,29-30,32,41,43-44H,6,12-13,22-23,26-28H2,1-5H3,(H,52,54)(H,53,55)(H,56,60)(H,57,63)/t30-,41-,43-,44+/m0/s1. The molecule has 2 fully saturated rings. The molecule has 0 bridgehead atoms. The minimum absolute atomic E-state index is 0.0189. The Hall–Kier alpha value is -6.80. The van der Waals surface area contributed by atoms with Crippen LogP contribution in [0.3, 0.4) is 0 Å². The van der Waals surface area contributed by atoms with Crippen molar-refractivity contribution >= 4 is 67.4 Å². The lowest BCUT2D eigenvalue weighted by atomic mass is 9.98. The zero-order chi connectivity index (χ0) is 45.4. The van der Waals surface area contributed by atoms with Crippen molar-refractivity contribution in [1.82, 2.24) is 40.4 Å². The molecule has 5 aromatic carbocycles. The number of methoxy groups -OCH3 is 2. The lowest BCUT2D eigenvalue weighted by molar-refractivity contribution is -0.137. The van der Waals surface area contributed by atoms with E-state index in [-0.39, 0.29) is 48.1 Å². The summed E-state index contributed by atoms with van der Waals surface area (Å²) in [5.41, 5.74) is 6.30. The third-order valence-corrected chi connectivity index (χ3v) is 12.9. The quantitative estimate of drug-likeness (QED) is 0.0796. The van der Waals surface area contributed by atoms with Crippen LogP contribution >= 0.6 is 0 Å². The number of hydrogen-bond acceptors (Lipinski definition) is 8. The van der Waals surface area contributed by atoms with Gasteiger partial charge in [0.1, 0.15) is 23.7 Å². The summed E-state index contributed by atoms with van der Waals surface area (Å²) in [5, 5.41) is 9.85. The first kappa shape index (κ1) is 43.5. The molecule has 1 saturated carbocycles. The molecule has 1 saturated heterocycles. The second kappa shape index (κ2) is 18.4. The monoisotopic (exact) mass is 876 g/mol. The largest absolute Gasteiger partial charge is 0.453 e. The third-order valence-electron chi connectivity index (χ3n) is 12.9. The fraction of sp³-hybridized carbons (Fsp3) is 0.373. The molecule has 4 atom stereocenters. The summed E-state index contributed by atoms with van der Waals surface area (Å²) < 4.78 is 10.3. The zero-order valence-corrected chi connectivity index (χ0v) is 37.5. The summed E-state index contributed by atoms with van der Waals surface area (Å²) in [4.78, 5) is 74.2. The maximum atomic E-state index is 14.2. The van der Waals surface area contributed by atoms with Crippen LogP contribution in [0.2, 0.25) is 0 Å². The molecule has 2 aromatic heterocycles. The fourth-order valence-electron chi connectivity index (χ4n) is 9.37. The lowest BCUT2D eigenvalue weighted by Gasteiger charge is -2.30. The SMILES string of the molecule is CCCN(Cc1nc2c(ccc3cc(-c4ccc5c(ccc6[nH]c([C@@H]7C[C@H](COC)CN7C(=O)[C@@H](NC(=O)OC)C(C)C)nc65)c4)ccc32)[nH]1)C(=O)[C@H](NC(=O)C1CC1)c1ccccc1. The minimum Gasteiger partial charge on any atom is -0.453 e. The van der Waals surface area contributed by atoms with Gasteiger partial charge < -0.3 is 39.9 Å². The van der Waals surface area contributed by atoms with Crippen molar-refractivity contribution in [3.63, 3.8) is 0 Å². The van der Waals surface area contributed by atoms with Crippen LogP contribution in [0.5, 0.6) is 0 Å². The van der Waals surface area contributed by atoms with E-state index in [0.29, 0.717) is 37.8 Å². The number of imidazole rings is 2. The second-order valence-electron chi connectivity index (χ2n) is 17.9. The molecule has 65 heavy (non-hydrogen) atoms. The third kappa shape index (κ3) is 8.87. The van der Waals surface area contributed by atoms with Gasteiger partial charge in [0.2, 0.25) is 17.7 Å². The smallest absolute Gasteiger partial charge is 0.407 e. The van der Waals surface area contributed by atoms with Gasteiger partial charge in [0, 0.05) is 42.8 Å². The number of nitrogens with zero attached hydrogens (tertiary/aromatic N) is 4. The summed E-state index contributed by atoms with van der Waals surface area (Å²) >= 11 is 0. The number of carbonyl (C=O) groups excluding carboxylic acids is 4. The van der Waals surface area contributed by atoms with Gasteiger partial charge in [0.15, 0.2) is 0 Å². The number of H-pyrrole nitrogens is 2. The predicted molar refractivity (Wildman–Crippen MR) is 251 cm³/mol. The van der Waals surface area contributed by atoms with Gasteiger partial charge in [-0.3, -0.25) is 14.4 Å². The maximum Gasteiger partial charge on any atom is 0.407 e. The Balaban J connectivity index is 0.967. The molecule has 4 N–H and O–H groups in total. The van der Waals surface area contributed by atoms with Crippen LogP contribution in [0.15, 0.2) is 91.0 Å². The summed E-state index contributed by atoms with van der Waals surface area (Å²) in [6, 6.07) is 28.7. The number of carbonyl (C=O) groups is 4. The number of amides is 4. The number of benzene rings is 5. The predicted octanol–water partition coefficient (Wildman–Crippen LogP) is 8.34. The van der Waals surface area contributed by atoms with Crippen molar-refractivity contribution in [2.75, 3.05) is 33.9 Å². The summed E-state index contributed by atoms with van der Waals surface area (Å²) in [6.45, 7) is 7.64. The number of rotatable bonds is 15. The molecule has 3 heterocycles. The molecule has 4 amide bonds. The van der Waals surface area contributed by atoms with Crippen molar-refractivity contribution in [2.45, 2.75) is 71.1 Å². The fourth-order valence-corrected chi connectivity index (χ4v) is 9.37. The van der Waals surface area contributed by atoms with Crippen molar-refractivity contribution in [1.29, 1.82) is 0 Å². The Morgan fingerprint density at radius 1 is 0.831 bits per heavy atom. The molecule has 336 valence electrons. The van der Waals surface area contributed by atoms with Gasteiger partial charge in [-0.2, -0.15) is 0 Å². The van der Waals surface area contributed by atoms with E-state index in [4.69, 9.17) is 19.4 Å². The van der Waals surface area contributed by atoms with Gasteiger partial charge in [0.25, 0.3) is 0 Å². The molecule has 7 aromatic rings. The molecule has 2 aliphatic rings. The number of ether oxygens (including phenoxy) is 2. The highest BCUT2D eigenvalue weighted by atomic mass is 16.5. The average Bonchev–Trinajstić information content (AvgIpc) is 3.73. The van der Waals surface area contributed by atoms with E-state index in [1.54, 1.807) is 12.0 Å². The topological polar surface area (TPSA) is 175 Å². The number of likely N-dealkylation sites (tertiary alicyclic amines) is 1. The number of hydrogen-bond donors (Lipinski definition) is 4. The van der Waals surface area contributed by atoms with Crippen LogP contribution in [0.25, 0.3) is 54.7 Å². The van der Waals surface area contributed by atoms with E-state index in [1.165, 1.54) is 7.11 Å². The Morgan fingerprint density at radius 3 is 2.11 bits per heavy atom. The Morgan fingerprint density at radius 2 is 1.49 bits per heavy atom. The first-order valence-corrected chi connectivity index (χ1v) is 22.7. The lowest BCUT2D eigenvalue weighted by Crippen LogP contribution is -2.51. The van der Waals surface area contributed by atoms with Gasteiger partial charge in [-0.25, -0.2) is 14.8 Å². The van der Waals surface area contributed by atoms with E-state index in [0.717, 1.165) is 79.6 Å². The van der Waals surface area contributed by atoms with Crippen LogP contribution in [-0.2, 0) is 30.4 Å². The van der Waals surface area contributed by atoms with Gasteiger partial charge in [-0.15, -0.1) is 0 Å². The first-order valence-electron chi connectivity index (χ1n) is 22.7. The number of alkyl carbamates (subject to hydrolysis) is 1. The first-order chi connectivity index (χ1) is 31.5. The number of fused-ring (bicyclic) bond motifs is 6. The van der Waals surface area contributed by atoms with Crippen LogP contribution < -0.4 is 10.6 Å².